The first kappa shape index (κ1) is 21.7. The van der Waals surface area contributed by atoms with Crippen LogP contribution in [0.2, 0.25) is 0 Å². The van der Waals surface area contributed by atoms with Gasteiger partial charge in [0, 0.05) is 34.8 Å². The van der Waals surface area contributed by atoms with Crippen LogP contribution >= 0.6 is 15.9 Å². The largest absolute Gasteiger partial charge is 0.274 e. The van der Waals surface area contributed by atoms with E-state index in [4.69, 9.17) is 0 Å². The molecule has 0 radical (unpaired) electrons. The van der Waals surface area contributed by atoms with Crippen molar-refractivity contribution in [2.45, 2.75) is 12.8 Å². The molecule has 0 fully saturated rings. The zero-order valence-electron chi connectivity index (χ0n) is 15.8. The van der Waals surface area contributed by atoms with Crippen LogP contribution in [0.1, 0.15) is 12.0 Å². The number of sulfonamides is 1. The molecule has 0 bridgehead atoms. The zero-order chi connectivity index (χ0) is 21.9. The predicted molar refractivity (Wildman–Crippen MR) is 115 cm³/mol. The van der Waals surface area contributed by atoms with Crippen molar-refractivity contribution in [2.75, 3.05) is 6.26 Å². The molecule has 0 aliphatic carbocycles. The minimum absolute atomic E-state index is 0.0415. The molecule has 0 aliphatic rings. The van der Waals surface area contributed by atoms with Gasteiger partial charge >= 0.3 is 0 Å². The lowest BCUT2D eigenvalue weighted by molar-refractivity contribution is -0.384. The molecule has 1 heterocycles. The van der Waals surface area contributed by atoms with Gasteiger partial charge in [0.1, 0.15) is 0 Å². The molecule has 30 heavy (non-hydrogen) atoms. The van der Waals surface area contributed by atoms with E-state index in [2.05, 4.69) is 21.0 Å². The highest BCUT2D eigenvalue weighted by Gasteiger charge is 2.16. The van der Waals surface area contributed by atoms with E-state index >= 15 is 0 Å². The Balaban J connectivity index is 1.95. The number of halogens is 1. The van der Waals surface area contributed by atoms with Gasteiger partial charge in [-0.3, -0.25) is 19.6 Å². The summed E-state index contributed by atoms with van der Waals surface area (Å²) in [7, 11) is -3.63. The first-order chi connectivity index (χ1) is 14.1. The van der Waals surface area contributed by atoms with Crippen molar-refractivity contribution in [2.24, 2.45) is 0 Å². The number of nitro benzene ring substituents is 1. The second kappa shape index (κ2) is 8.76. The molecule has 1 amide bonds. The molecule has 2 aromatic carbocycles. The molecule has 0 unspecified atom stereocenters. The topological polar surface area (TPSA) is 124 Å². The second-order valence-electron chi connectivity index (χ2n) is 6.53. The van der Waals surface area contributed by atoms with E-state index in [9.17, 15) is 23.3 Å². The molecule has 1 N–H and O–H groups in total. The third kappa shape index (κ3) is 5.51. The third-order valence-electron chi connectivity index (χ3n) is 4.15. The summed E-state index contributed by atoms with van der Waals surface area (Å²) in [6, 6.07) is 13.4. The Bertz CT molecular complexity index is 1190. The maximum Gasteiger partial charge on any atom is 0.269 e. The van der Waals surface area contributed by atoms with Gasteiger partial charge in [0.05, 0.1) is 22.6 Å². The molecule has 3 aromatic rings. The zero-order valence-corrected chi connectivity index (χ0v) is 18.2. The van der Waals surface area contributed by atoms with Gasteiger partial charge in [0.15, 0.2) is 0 Å². The Labute approximate surface area is 181 Å². The maximum absolute atomic E-state index is 11.9. The number of non-ortho nitro benzene ring substituents is 1. The molecule has 3 rings (SSSR count). The lowest BCUT2D eigenvalue weighted by atomic mass is 10.0. The van der Waals surface area contributed by atoms with E-state index in [1.165, 1.54) is 12.1 Å². The maximum atomic E-state index is 11.9. The standard InChI is InChI=1S/C19H17BrN4O5S/c1-30(28,29)22-18(25)11-4-14-12-23(16-9-5-15(20)6-10-16)21-19(14)13-2-7-17(8-3-13)24(26)27/h2-3,5-10,12H,4,11H2,1H3,(H,22,25). The summed E-state index contributed by atoms with van der Waals surface area (Å²) < 4.78 is 27.0. The van der Waals surface area contributed by atoms with Crippen LogP contribution in [0.4, 0.5) is 5.69 Å². The molecule has 9 nitrogen and oxygen atoms in total. The Morgan fingerprint density at radius 1 is 1.17 bits per heavy atom. The van der Waals surface area contributed by atoms with Crippen molar-refractivity contribution in [3.05, 3.63) is 74.9 Å². The van der Waals surface area contributed by atoms with E-state index < -0.39 is 20.9 Å². The van der Waals surface area contributed by atoms with Crippen LogP contribution in [0.15, 0.2) is 59.2 Å². The number of aryl methyl sites for hydroxylation is 1. The normalized spacial score (nSPS) is 11.3. The number of rotatable bonds is 7. The Morgan fingerprint density at radius 3 is 2.37 bits per heavy atom. The van der Waals surface area contributed by atoms with E-state index in [1.807, 2.05) is 29.0 Å². The second-order valence-corrected chi connectivity index (χ2v) is 9.19. The van der Waals surface area contributed by atoms with Gasteiger partial charge in [-0.1, -0.05) is 15.9 Å². The summed E-state index contributed by atoms with van der Waals surface area (Å²) in [5.41, 5.74) is 2.65. The van der Waals surface area contributed by atoms with Crippen LogP contribution in [0.25, 0.3) is 16.9 Å². The smallest absolute Gasteiger partial charge is 0.269 e. The van der Waals surface area contributed by atoms with E-state index in [0.29, 0.717) is 16.8 Å². The van der Waals surface area contributed by atoms with Crippen LogP contribution in [0.5, 0.6) is 0 Å². The number of aromatic nitrogens is 2. The summed E-state index contributed by atoms with van der Waals surface area (Å²) in [4.78, 5) is 22.3. The lowest BCUT2D eigenvalue weighted by Crippen LogP contribution is -2.29. The van der Waals surface area contributed by atoms with Crippen LogP contribution < -0.4 is 4.72 Å². The van der Waals surface area contributed by atoms with Gasteiger partial charge in [0.2, 0.25) is 15.9 Å². The quantitative estimate of drug-likeness (QED) is 0.398. The average Bonchev–Trinajstić information content (AvgIpc) is 3.10. The summed E-state index contributed by atoms with van der Waals surface area (Å²) >= 11 is 3.38. The fourth-order valence-electron chi connectivity index (χ4n) is 2.81. The molecule has 0 saturated carbocycles. The minimum atomic E-state index is -3.63. The van der Waals surface area contributed by atoms with Crippen molar-refractivity contribution in [1.82, 2.24) is 14.5 Å². The van der Waals surface area contributed by atoms with E-state index in [0.717, 1.165) is 16.4 Å². The number of hydrogen-bond acceptors (Lipinski definition) is 6. The SMILES string of the molecule is CS(=O)(=O)NC(=O)CCc1cn(-c2ccc(Br)cc2)nc1-c1ccc([N+](=O)[O-])cc1. The van der Waals surface area contributed by atoms with Gasteiger partial charge in [-0.25, -0.2) is 13.1 Å². The fourth-order valence-corrected chi connectivity index (χ4v) is 3.59. The number of carbonyl (C=O) groups is 1. The number of nitrogens with one attached hydrogen (secondary N) is 1. The van der Waals surface area contributed by atoms with E-state index in [-0.39, 0.29) is 18.5 Å². The van der Waals surface area contributed by atoms with Crippen LogP contribution in [0, 0.1) is 10.1 Å². The first-order valence-electron chi connectivity index (χ1n) is 8.72. The molecular weight excluding hydrogens is 476 g/mol. The number of carbonyl (C=O) groups excluding carboxylic acids is 1. The summed E-state index contributed by atoms with van der Waals surface area (Å²) in [5.74, 6) is -0.622. The van der Waals surface area contributed by atoms with Crippen LogP contribution in [-0.2, 0) is 21.2 Å². The van der Waals surface area contributed by atoms with Crippen LogP contribution in [-0.4, -0.2) is 35.3 Å². The Kier molecular flexibility index (Phi) is 6.32. The molecule has 11 heteroatoms. The molecule has 156 valence electrons. The third-order valence-corrected chi connectivity index (χ3v) is 5.28. The number of hydrogen-bond donors (Lipinski definition) is 1. The molecule has 0 saturated heterocycles. The summed E-state index contributed by atoms with van der Waals surface area (Å²) in [5, 5.41) is 15.5. The van der Waals surface area contributed by atoms with Crippen molar-refractivity contribution >= 4 is 37.5 Å². The molecule has 0 spiro atoms. The Morgan fingerprint density at radius 2 is 1.80 bits per heavy atom. The van der Waals surface area contributed by atoms with Crippen molar-refractivity contribution in [3.63, 3.8) is 0 Å². The average molecular weight is 493 g/mol. The van der Waals surface area contributed by atoms with Crippen molar-refractivity contribution < 1.29 is 18.1 Å². The summed E-state index contributed by atoms with van der Waals surface area (Å²) in [6.45, 7) is 0. The number of nitro groups is 1. The van der Waals surface area contributed by atoms with Gasteiger partial charge in [-0.2, -0.15) is 5.10 Å². The summed E-state index contributed by atoms with van der Waals surface area (Å²) in [6.07, 6.45) is 2.86. The highest BCUT2D eigenvalue weighted by Crippen LogP contribution is 2.27. The van der Waals surface area contributed by atoms with Gasteiger partial charge in [-0.05, 0) is 48.4 Å². The molecule has 1 aromatic heterocycles. The minimum Gasteiger partial charge on any atom is -0.274 e. The van der Waals surface area contributed by atoms with Crippen LogP contribution in [0.3, 0.4) is 0 Å². The monoisotopic (exact) mass is 492 g/mol. The van der Waals surface area contributed by atoms with Crippen molar-refractivity contribution in [1.29, 1.82) is 0 Å². The molecular formula is C19H17BrN4O5S. The predicted octanol–water partition coefficient (Wildman–Crippen LogP) is 3.22. The van der Waals surface area contributed by atoms with Gasteiger partial charge < -0.3 is 0 Å². The number of nitrogens with zero attached hydrogens (tertiary/aromatic N) is 3. The lowest BCUT2D eigenvalue weighted by Gasteiger charge is -2.04. The van der Waals surface area contributed by atoms with Gasteiger partial charge in [0.25, 0.3) is 5.69 Å². The number of benzene rings is 2. The number of amides is 1. The fraction of sp³-hybridized carbons (Fsp3) is 0.158. The molecule has 0 aliphatic heterocycles. The van der Waals surface area contributed by atoms with Gasteiger partial charge in [-0.15, -0.1) is 0 Å². The van der Waals surface area contributed by atoms with E-state index in [1.54, 1.807) is 23.0 Å². The highest BCUT2D eigenvalue weighted by atomic mass is 79.9. The molecule has 0 atom stereocenters. The Hall–Kier alpha value is -3.05. The first-order valence-corrected chi connectivity index (χ1v) is 11.4. The van der Waals surface area contributed by atoms with Crippen molar-refractivity contribution in [3.8, 4) is 16.9 Å². The highest BCUT2D eigenvalue weighted by molar-refractivity contribution is 9.10.